The average Bonchev–Trinajstić information content (AvgIpc) is 2.88. The number of hydrogen-bond donors (Lipinski definition) is 1. The van der Waals surface area contributed by atoms with Crippen molar-refractivity contribution in [2.75, 3.05) is 7.11 Å². The van der Waals surface area contributed by atoms with Gasteiger partial charge in [-0.2, -0.15) is 0 Å². The minimum atomic E-state index is 0.539. The smallest absolute Gasteiger partial charge is 0.192 e. The second-order valence-corrected chi connectivity index (χ2v) is 4.36. The molecule has 1 N–H and O–H groups in total. The normalized spacial score (nSPS) is 10.6. The maximum atomic E-state index is 5.75. The molecule has 0 saturated carbocycles. The van der Waals surface area contributed by atoms with Gasteiger partial charge in [0.2, 0.25) is 0 Å². The second kappa shape index (κ2) is 5.06. The highest BCUT2D eigenvalue weighted by Gasteiger charge is 2.01. The largest absolute Gasteiger partial charge is 0.497 e. The summed E-state index contributed by atoms with van der Waals surface area (Å²) in [5.41, 5.74) is 2.20. The van der Waals surface area contributed by atoms with Crippen LogP contribution >= 0.6 is 0 Å². The second-order valence-electron chi connectivity index (χ2n) is 4.36. The third-order valence-corrected chi connectivity index (χ3v) is 3.06. The van der Waals surface area contributed by atoms with E-state index in [1.807, 2.05) is 48.5 Å². The fourth-order valence-corrected chi connectivity index (χ4v) is 2.01. The molecule has 1 aromatic heterocycles. The summed E-state index contributed by atoms with van der Waals surface area (Å²) in [7, 11) is 1.66. The molecule has 3 nitrogen and oxygen atoms in total. The lowest BCUT2D eigenvalue weighted by Gasteiger charge is -2.04. The van der Waals surface area contributed by atoms with Gasteiger partial charge in [-0.05, 0) is 23.8 Å². The molecule has 0 aliphatic heterocycles. The van der Waals surface area contributed by atoms with E-state index in [4.69, 9.17) is 9.47 Å². The van der Waals surface area contributed by atoms with Crippen molar-refractivity contribution in [2.45, 2.75) is 6.61 Å². The summed E-state index contributed by atoms with van der Waals surface area (Å²) in [6, 6.07) is 18.0. The van der Waals surface area contributed by atoms with Crippen LogP contribution in [0.1, 0.15) is 5.56 Å². The molecular weight excluding hydrogens is 238 g/mol. The van der Waals surface area contributed by atoms with Crippen LogP contribution in [0.5, 0.6) is 11.6 Å². The standard InChI is InChI=1S/C16H15NO2/c1-18-14-8-6-12(7-9-14)11-19-16-10-13-4-2-3-5-15(13)17-16/h2-10,17H,11H2,1H3. The number of methoxy groups -OCH3 is 1. The van der Waals surface area contributed by atoms with Crippen molar-refractivity contribution in [1.29, 1.82) is 0 Å². The molecular formula is C16H15NO2. The summed E-state index contributed by atoms with van der Waals surface area (Å²) >= 11 is 0. The summed E-state index contributed by atoms with van der Waals surface area (Å²) in [6.07, 6.45) is 0. The predicted octanol–water partition coefficient (Wildman–Crippen LogP) is 3.76. The van der Waals surface area contributed by atoms with Crippen molar-refractivity contribution < 1.29 is 9.47 Å². The zero-order valence-electron chi connectivity index (χ0n) is 10.7. The van der Waals surface area contributed by atoms with Gasteiger partial charge in [-0.3, -0.25) is 0 Å². The van der Waals surface area contributed by atoms with Crippen LogP contribution in [0.2, 0.25) is 0 Å². The summed E-state index contributed by atoms with van der Waals surface area (Å²) in [5, 5.41) is 1.16. The molecule has 96 valence electrons. The molecule has 0 unspecified atom stereocenters. The van der Waals surface area contributed by atoms with E-state index in [0.29, 0.717) is 6.61 Å². The number of H-pyrrole nitrogens is 1. The van der Waals surface area contributed by atoms with E-state index in [-0.39, 0.29) is 0 Å². The van der Waals surface area contributed by atoms with Crippen LogP contribution in [0.4, 0.5) is 0 Å². The molecule has 0 bridgehead atoms. The van der Waals surface area contributed by atoms with E-state index in [0.717, 1.165) is 28.1 Å². The minimum absolute atomic E-state index is 0.539. The molecule has 0 spiro atoms. The van der Waals surface area contributed by atoms with Crippen molar-refractivity contribution in [1.82, 2.24) is 4.98 Å². The highest BCUT2D eigenvalue weighted by atomic mass is 16.5. The Kier molecular flexibility index (Phi) is 3.11. The van der Waals surface area contributed by atoms with E-state index >= 15 is 0 Å². The van der Waals surface area contributed by atoms with Gasteiger partial charge >= 0.3 is 0 Å². The number of fused-ring (bicyclic) bond motifs is 1. The van der Waals surface area contributed by atoms with Gasteiger partial charge in [-0.15, -0.1) is 0 Å². The quantitative estimate of drug-likeness (QED) is 0.768. The fraction of sp³-hybridized carbons (Fsp3) is 0.125. The number of rotatable bonds is 4. The summed E-state index contributed by atoms with van der Waals surface area (Å²) < 4.78 is 10.9. The van der Waals surface area contributed by atoms with Gasteiger partial charge < -0.3 is 14.5 Å². The Labute approximate surface area is 111 Å². The van der Waals surface area contributed by atoms with Crippen LogP contribution < -0.4 is 9.47 Å². The SMILES string of the molecule is COc1ccc(COc2cc3ccccc3[nH]2)cc1. The maximum absolute atomic E-state index is 5.75. The molecule has 0 saturated heterocycles. The molecule has 19 heavy (non-hydrogen) atoms. The summed E-state index contributed by atoms with van der Waals surface area (Å²) in [6.45, 7) is 0.539. The lowest BCUT2D eigenvalue weighted by Crippen LogP contribution is -1.95. The minimum Gasteiger partial charge on any atom is -0.497 e. The molecule has 3 heteroatoms. The molecule has 0 fully saturated rings. The summed E-state index contributed by atoms with van der Waals surface area (Å²) in [5.74, 6) is 1.64. The number of benzene rings is 2. The van der Waals surface area contributed by atoms with Crippen LogP contribution in [0.3, 0.4) is 0 Å². The number of hydrogen-bond acceptors (Lipinski definition) is 2. The number of aromatic amines is 1. The first-order chi connectivity index (χ1) is 9.35. The maximum Gasteiger partial charge on any atom is 0.192 e. The van der Waals surface area contributed by atoms with E-state index in [1.54, 1.807) is 7.11 Å². The van der Waals surface area contributed by atoms with E-state index < -0.39 is 0 Å². The first kappa shape index (κ1) is 11.7. The highest BCUT2D eigenvalue weighted by molar-refractivity contribution is 5.81. The van der Waals surface area contributed by atoms with Gasteiger partial charge in [0.25, 0.3) is 0 Å². The van der Waals surface area contributed by atoms with Gasteiger partial charge in [0.15, 0.2) is 5.88 Å². The molecule has 3 rings (SSSR count). The van der Waals surface area contributed by atoms with Gasteiger partial charge in [0.05, 0.1) is 7.11 Å². The van der Waals surface area contributed by atoms with Gasteiger partial charge in [0.1, 0.15) is 12.4 Å². The number of para-hydroxylation sites is 1. The van der Waals surface area contributed by atoms with E-state index in [1.165, 1.54) is 0 Å². The van der Waals surface area contributed by atoms with Crippen molar-refractivity contribution in [3.8, 4) is 11.6 Å². The molecule has 0 radical (unpaired) electrons. The van der Waals surface area contributed by atoms with Crippen molar-refractivity contribution in [3.63, 3.8) is 0 Å². The highest BCUT2D eigenvalue weighted by Crippen LogP contribution is 2.21. The molecule has 0 amide bonds. The molecule has 0 aliphatic carbocycles. The van der Waals surface area contributed by atoms with E-state index in [9.17, 15) is 0 Å². The van der Waals surface area contributed by atoms with Gasteiger partial charge in [0, 0.05) is 17.0 Å². The van der Waals surface area contributed by atoms with Gasteiger partial charge in [-0.25, -0.2) is 0 Å². The third kappa shape index (κ3) is 2.55. The first-order valence-corrected chi connectivity index (χ1v) is 6.18. The lowest BCUT2D eigenvalue weighted by molar-refractivity contribution is 0.296. The van der Waals surface area contributed by atoms with E-state index in [2.05, 4.69) is 11.1 Å². The molecule has 0 aliphatic rings. The Morgan fingerprint density at radius 2 is 1.79 bits per heavy atom. The van der Waals surface area contributed by atoms with Crippen LogP contribution in [-0.2, 0) is 6.61 Å². The molecule has 2 aromatic carbocycles. The Morgan fingerprint density at radius 3 is 2.53 bits per heavy atom. The fourth-order valence-electron chi connectivity index (χ4n) is 2.01. The topological polar surface area (TPSA) is 34.2 Å². The Hall–Kier alpha value is -2.42. The van der Waals surface area contributed by atoms with Crippen molar-refractivity contribution in [3.05, 3.63) is 60.2 Å². The summed E-state index contributed by atoms with van der Waals surface area (Å²) in [4.78, 5) is 3.24. The molecule has 0 atom stereocenters. The number of aromatic nitrogens is 1. The third-order valence-electron chi connectivity index (χ3n) is 3.06. The van der Waals surface area contributed by atoms with Crippen LogP contribution in [-0.4, -0.2) is 12.1 Å². The predicted molar refractivity (Wildman–Crippen MR) is 75.6 cm³/mol. The zero-order chi connectivity index (χ0) is 13.1. The molecule has 3 aromatic rings. The number of ether oxygens (including phenoxy) is 2. The average molecular weight is 253 g/mol. The van der Waals surface area contributed by atoms with Crippen LogP contribution in [0.15, 0.2) is 54.6 Å². The Bertz CT molecular complexity index is 638. The Balaban J connectivity index is 1.70. The van der Waals surface area contributed by atoms with Gasteiger partial charge in [-0.1, -0.05) is 30.3 Å². The van der Waals surface area contributed by atoms with Crippen LogP contribution in [0, 0.1) is 0 Å². The monoisotopic (exact) mass is 253 g/mol. The molecule has 1 heterocycles. The van der Waals surface area contributed by atoms with Crippen LogP contribution in [0.25, 0.3) is 10.9 Å². The Morgan fingerprint density at radius 1 is 1.00 bits per heavy atom. The van der Waals surface area contributed by atoms with Crippen molar-refractivity contribution in [2.24, 2.45) is 0 Å². The van der Waals surface area contributed by atoms with Crippen molar-refractivity contribution >= 4 is 10.9 Å². The zero-order valence-corrected chi connectivity index (χ0v) is 10.7. The first-order valence-electron chi connectivity index (χ1n) is 6.18. The lowest BCUT2D eigenvalue weighted by atomic mass is 10.2. The number of nitrogens with one attached hydrogen (secondary N) is 1.